The second kappa shape index (κ2) is 12.8. The molecule has 2 aromatic rings. The highest BCUT2D eigenvalue weighted by Gasteiger charge is 2.44. The number of nitrogens with zero attached hydrogens (tertiary/aromatic N) is 1. The highest BCUT2D eigenvalue weighted by atomic mass is 16.2. The summed E-state index contributed by atoms with van der Waals surface area (Å²) in [6.07, 6.45) is 2.01. The predicted molar refractivity (Wildman–Crippen MR) is 154 cm³/mol. The van der Waals surface area contributed by atoms with Gasteiger partial charge in [0.15, 0.2) is 0 Å². The first-order chi connectivity index (χ1) is 19.8. The Bertz CT molecular complexity index is 1280. The fourth-order valence-corrected chi connectivity index (χ4v) is 5.82. The lowest BCUT2D eigenvalue weighted by Gasteiger charge is -2.29. The molecular formula is C30H39N7O4. The van der Waals surface area contributed by atoms with E-state index in [0.717, 1.165) is 22.4 Å². The Labute approximate surface area is 240 Å². The monoisotopic (exact) mass is 561 g/mol. The lowest BCUT2D eigenvalue weighted by Crippen LogP contribution is -2.57. The molecule has 0 bridgehead atoms. The standard InChI is InChI=1S/C30H39N7O4/c1-18(2)13-24(33-26(38)14-19-7-4-3-5-8-19)28(39)34-23-12-11-20-9-6-10-21-15-25(37(27(20)21)30(23)41)29(40)31-16-22-17-32-36-35-22/h3-10,18,22-25,32,35-36H,11-17H2,1-2H3,(H,31,40)(H,33,38)(H,34,39)/t22?,23-,24-,25-/m0/s1. The van der Waals surface area contributed by atoms with Crippen molar-refractivity contribution in [1.29, 1.82) is 0 Å². The van der Waals surface area contributed by atoms with Crippen LogP contribution >= 0.6 is 0 Å². The van der Waals surface area contributed by atoms with Gasteiger partial charge in [0, 0.05) is 19.5 Å². The highest BCUT2D eigenvalue weighted by Crippen LogP contribution is 2.39. The number of rotatable bonds is 10. The molecule has 1 unspecified atom stereocenters. The van der Waals surface area contributed by atoms with Crippen LogP contribution in [0.15, 0.2) is 48.5 Å². The summed E-state index contributed by atoms with van der Waals surface area (Å²) >= 11 is 0. The average Bonchev–Trinajstić information content (AvgIpc) is 3.59. The second-order valence-electron chi connectivity index (χ2n) is 11.5. The molecule has 1 saturated heterocycles. The number of hydrogen-bond acceptors (Lipinski definition) is 7. The van der Waals surface area contributed by atoms with Crippen molar-refractivity contribution in [2.24, 2.45) is 5.92 Å². The van der Waals surface area contributed by atoms with Gasteiger partial charge in [0.2, 0.25) is 23.6 Å². The van der Waals surface area contributed by atoms with Crippen LogP contribution in [0.4, 0.5) is 5.69 Å². The number of benzene rings is 2. The number of nitrogens with one attached hydrogen (secondary N) is 6. The number of anilines is 1. The van der Waals surface area contributed by atoms with E-state index < -0.39 is 24.0 Å². The Balaban J connectivity index is 1.30. The van der Waals surface area contributed by atoms with Gasteiger partial charge < -0.3 is 16.0 Å². The van der Waals surface area contributed by atoms with Gasteiger partial charge in [-0.2, -0.15) is 5.53 Å². The van der Waals surface area contributed by atoms with Crippen molar-refractivity contribution in [1.82, 2.24) is 32.3 Å². The van der Waals surface area contributed by atoms with Crippen LogP contribution in [0.1, 0.15) is 43.4 Å². The van der Waals surface area contributed by atoms with Gasteiger partial charge in [0.25, 0.3) is 0 Å². The Morgan fingerprint density at radius 1 is 1.05 bits per heavy atom. The second-order valence-corrected chi connectivity index (χ2v) is 11.5. The summed E-state index contributed by atoms with van der Waals surface area (Å²) in [4.78, 5) is 55.3. The van der Waals surface area contributed by atoms with E-state index in [4.69, 9.17) is 0 Å². The number of carbonyl (C=O) groups is 4. The molecule has 6 N–H and O–H groups in total. The molecule has 0 saturated carbocycles. The number of carbonyl (C=O) groups excluding carboxylic acids is 4. The van der Waals surface area contributed by atoms with Crippen molar-refractivity contribution < 1.29 is 19.2 Å². The van der Waals surface area contributed by atoms with E-state index in [1.807, 2.05) is 62.4 Å². The van der Waals surface area contributed by atoms with Crippen LogP contribution in [0.25, 0.3) is 0 Å². The first-order valence-electron chi connectivity index (χ1n) is 14.4. The first kappa shape index (κ1) is 28.7. The molecule has 0 aliphatic carbocycles. The van der Waals surface area contributed by atoms with Crippen LogP contribution in [0.2, 0.25) is 0 Å². The van der Waals surface area contributed by atoms with E-state index in [-0.39, 0.29) is 36.1 Å². The Morgan fingerprint density at radius 2 is 1.83 bits per heavy atom. The maximum Gasteiger partial charge on any atom is 0.250 e. The van der Waals surface area contributed by atoms with Crippen molar-refractivity contribution in [2.75, 3.05) is 18.0 Å². The third-order valence-electron chi connectivity index (χ3n) is 7.83. The summed E-state index contributed by atoms with van der Waals surface area (Å²) in [5.74, 6) is -1.03. The maximum absolute atomic E-state index is 14.0. The van der Waals surface area contributed by atoms with Crippen molar-refractivity contribution >= 4 is 29.3 Å². The first-order valence-corrected chi connectivity index (χ1v) is 14.4. The van der Waals surface area contributed by atoms with Crippen LogP contribution in [0.5, 0.6) is 0 Å². The van der Waals surface area contributed by atoms with E-state index >= 15 is 0 Å². The van der Waals surface area contributed by atoms with Gasteiger partial charge in [-0.3, -0.25) is 24.1 Å². The Kier molecular flexibility index (Phi) is 8.96. The molecule has 0 aromatic heterocycles. The minimum absolute atomic E-state index is 0.0279. The van der Waals surface area contributed by atoms with Gasteiger partial charge in [0.1, 0.15) is 18.1 Å². The molecule has 218 valence electrons. The van der Waals surface area contributed by atoms with Crippen LogP contribution in [0, 0.1) is 5.92 Å². The van der Waals surface area contributed by atoms with E-state index in [9.17, 15) is 19.2 Å². The largest absolute Gasteiger partial charge is 0.353 e. The number of hydrazine groups is 2. The smallest absolute Gasteiger partial charge is 0.250 e. The zero-order valence-electron chi connectivity index (χ0n) is 23.5. The molecule has 5 rings (SSSR count). The van der Waals surface area contributed by atoms with Gasteiger partial charge in [-0.25, -0.2) is 10.9 Å². The van der Waals surface area contributed by atoms with Crippen LogP contribution in [-0.2, 0) is 38.4 Å². The van der Waals surface area contributed by atoms with Gasteiger partial charge in [-0.15, -0.1) is 0 Å². The van der Waals surface area contributed by atoms with Gasteiger partial charge >= 0.3 is 0 Å². The van der Waals surface area contributed by atoms with Crippen molar-refractivity contribution in [3.63, 3.8) is 0 Å². The SMILES string of the molecule is CC(C)C[C@H](NC(=O)Cc1ccccc1)C(=O)N[C@H]1CCc2cccc3c2N(C1=O)[C@H](C(=O)NCC1CNNN1)C3. The Hall–Kier alpha value is -3.80. The Morgan fingerprint density at radius 3 is 2.56 bits per heavy atom. The fraction of sp³-hybridized carbons (Fsp3) is 0.467. The summed E-state index contributed by atoms with van der Waals surface area (Å²) in [6, 6.07) is 13.0. The lowest BCUT2D eigenvalue weighted by atomic mass is 10.00. The highest BCUT2D eigenvalue weighted by molar-refractivity contribution is 6.08. The van der Waals surface area contributed by atoms with E-state index in [1.165, 1.54) is 0 Å². The molecular weight excluding hydrogens is 522 g/mol. The molecule has 3 heterocycles. The molecule has 3 aliphatic rings. The zero-order valence-corrected chi connectivity index (χ0v) is 23.5. The topological polar surface area (TPSA) is 144 Å². The molecule has 2 aromatic carbocycles. The zero-order chi connectivity index (χ0) is 28.9. The lowest BCUT2D eigenvalue weighted by molar-refractivity contribution is -0.132. The number of hydrogen-bond donors (Lipinski definition) is 6. The predicted octanol–water partition coefficient (Wildman–Crippen LogP) is 0.246. The quantitative estimate of drug-likeness (QED) is 0.244. The normalized spacial score (nSPS) is 22.2. The van der Waals surface area contributed by atoms with Crippen molar-refractivity contribution in [3.8, 4) is 0 Å². The van der Waals surface area contributed by atoms with Crippen LogP contribution in [0.3, 0.4) is 0 Å². The van der Waals surface area contributed by atoms with E-state index in [2.05, 4.69) is 32.3 Å². The summed E-state index contributed by atoms with van der Waals surface area (Å²) in [5, 5.41) is 8.80. The average molecular weight is 562 g/mol. The summed E-state index contributed by atoms with van der Waals surface area (Å²) in [6.45, 7) is 5.03. The molecule has 1 fully saturated rings. The van der Waals surface area contributed by atoms with Crippen molar-refractivity contribution in [3.05, 3.63) is 65.2 Å². The number of aryl methyl sites for hydroxylation is 1. The number of amides is 4. The third-order valence-corrected chi connectivity index (χ3v) is 7.83. The van der Waals surface area contributed by atoms with Gasteiger partial charge in [-0.05, 0) is 41.9 Å². The van der Waals surface area contributed by atoms with E-state index in [1.54, 1.807) is 4.90 Å². The molecule has 11 heteroatoms. The maximum atomic E-state index is 14.0. The van der Waals surface area contributed by atoms with Crippen LogP contribution < -0.4 is 37.2 Å². The summed E-state index contributed by atoms with van der Waals surface area (Å²) in [5.41, 5.74) is 12.4. The molecule has 0 spiro atoms. The summed E-state index contributed by atoms with van der Waals surface area (Å²) in [7, 11) is 0. The fourth-order valence-electron chi connectivity index (χ4n) is 5.82. The number of para-hydroxylation sites is 1. The minimum atomic E-state index is -0.818. The minimum Gasteiger partial charge on any atom is -0.353 e. The van der Waals surface area contributed by atoms with Crippen LogP contribution in [-0.4, -0.2) is 60.9 Å². The molecule has 11 nitrogen and oxygen atoms in total. The van der Waals surface area contributed by atoms with Gasteiger partial charge in [0.05, 0.1) is 18.2 Å². The van der Waals surface area contributed by atoms with Crippen molar-refractivity contribution in [2.45, 2.75) is 70.1 Å². The molecule has 41 heavy (non-hydrogen) atoms. The molecule has 0 radical (unpaired) electrons. The molecule has 3 aliphatic heterocycles. The molecule has 4 amide bonds. The molecule has 4 atom stereocenters. The third kappa shape index (κ3) is 6.75. The summed E-state index contributed by atoms with van der Waals surface area (Å²) < 4.78 is 0. The van der Waals surface area contributed by atoms with Gasteiger partial charge in [-0.1, -0.05) is 62.4 Å². The van der Waals surface area contributed by atoms with E-state index in [0.29, 0.717) is 38.8 Å².